The number of aromatic amines is 1. The Kier molecular flexibility index (Phi) is 2.58. The Balaban J connectivity index is 2.35. The van der Waals surface area contributed by atoms with Gasteiger partial charge in [0, 0.05) is 19.4 Å². The Labute approximate surface area is 115 Å². The fourth-order valence-electron chi connectivity index (χ4n) is 2.18. The summed E-state index contributed by atoms with van der Waals surface area (Å²) in [6.45, 7) is 0. The van der Waals surface area contributed by atoms with Gasteiger partial charge >= 0.3 is 0 Å². The molecule has 3 aromatic rings. The van der Waals surface area contributed by atoms with Crippen LogP contribution in [0.5, 0.6) is 0 Å². The summed E-state index contributed by atoms with van der Waals surface area (Å²) in [6, 6.07) is 6.73. The second-order valence-electron chi connectivity index (χ2n) is 4.60. The lowest BCUT2D eigenvalue weighted by atomic mass is 10.3. The Morgan fingerprint density at radius 2 is 2.10 bits per heavy atom. The SMILES string of the molecule is Cn1c(-c2cc(N)n[nH]2)nc2c(S(C)(=O)=O)cccc21. The molecule has 0 bridgehead atoms. The summed E-state index contributed by atoms with van der Waals surface area (Å²) in [5.74, 6) is 0.940. The van der Waals surface area contributed by atoms with Crippen molar-refractivity contribution in [2.45, 2.75) is 4.90 Å². The zero-order valence-corrected chi connectivity index (χ0v) is 11.8. The molecule has 0 unspecified atom stereocenters. The summed E-state index contributed by atoms with van der Waals surface area (Å²) in [5.41, 5.74) is 7.40. The smallest absolute Gasteiger partial charge is 0.177 e. The van der Waals surface area contributed by atoms with Crippen molar-refractivity contribution < 1.29 is 8.42 Å². The Hall–Kier alpha value is -2.35. The number of para-hydroxylation sites is 1. The van der Waals surface area contributed by atoms with Gasteiger partial charge in [0.1, 0.15) is 17.0 Å². The van der Waals surface area contributed by atoms with Crippen molar-refractivity contribution in [2.75, 3.05) is 12.0 Å². The van der Waals surface area contributed by atoms with Crippen LogP contribution in [-0.2, 0) is 16.9 Å². The number of sulfone groups is 1. The standard InChI is InChI=1S/C12H13N5O2S/c1-17-8-4-3-5-9(20(2,18)19)11(8)14-12(17)7-6-10(13)16-15-7/h3-6H,1-2H3,(H3,13,15,16). The fourth-order valence-corrected chi connectivity index (χ4v) is 3.01. The topological polar surface area (TPSA) is 107 Å². The molecule has 2 aromatic heterocycles. The molecule has 7 nitrogen and oxygen atoms in total. The molecule has 0 aliphatic rings. The minimum absolute atomic E-state index is 0.212. The van der Waals surface area contributed by atoms with Crippen molar-refractivity contribution in [2.24, 2.45) is 7.05 Å². The molecular formula is C12H13N5O2S. The molecule has 0 fully saturated rings. The quantitative estimate of drug-likeness (QED) is 0.731. The van der Waals surface area contributed by atoms with Gasteiger partial charge in [0.05, 0.1) is 10.4 Å². The summed E-state index contributed by atoms with van der Waals surface area (Å²) in [5, 5.41) is 6.63. The number of benzene rings is 1. The average Bonchev–Trinajstić information content (AvgIpc) is 2.92. The Morgan fingerprint density at radius 1 is 1.35 bits per heavy atom. The van der Waals surface area contributed by atoms with Crippen molar-refractivity contribution in [3.63, 3.8) is 0 Å². The molecule has 20 heavy (non-hydrogen) atoms. The number of nitrogens with one attached hydrogen (secondary N) is 1. The van der Waals surface area contributed by atoms with E-state index in [4.69, 9.17) is 5.73 Å². The Bertz CT molecular complexity index is 907. The van der Waals surface area contributed by atoms with Crippen molar-refractivity contribution in [3.8, 4) is 11.5 Å². The van der Waals surface area contributed by atoms with Crippen molar-refractivity contribution in [3.05, 3.63) is 24.3 Å². The van der Waals surface area contributed by atoms with Gasteiger partial charge in [-0.3, -0.25) is 5.10 Å². The van der Waals surface area contributed by atoms with Crippen LogP contribution in [0.25, 0.3) is 22.6 Å². The monoisotopic (exact) mass is 291 g/mol. The van der Waals surface area contributed by atoms with E-state index >= 15 is 0 Å². The van der Waals surface area contributed by atoms with E-state index in [1.807, 2.05) is 13.1 Å². The minimum atomic E-state index is -3.34. The number of nitrogen functional groups attached to an aromatic ring is 1. The molecule has 1 aromatic carbocycles. The number of aryl methyl sites for hydroxylation is 1. The van der Waals surface area contributed by atoms with Crippen LogP contribution in [0.3, 0.4) is 0 Å². The zero-order chi connectivity index (χ0) is 14.5. The number of H-pyrrole nitrogens is 1. The second-order valence-corrected chi connectivity index (χ2v) is 6.58. The van der Waals surface area contributed by atoms with Gasteiger partial charge in [0.25, 0.3) is 0 Å². The highest BCUT2D eigenvalue weighted by Crippen LogP contribution is 2.27. The summed E-state index contributed by atoms with van der Waals surface area (Å²) >= 11 is 0. The highest BCUT2D eigenvalue weighted by atomic mass is 32.2. The van der Waals surface area contributed by atoms with Crippen molar-refractivity contribution >= 4 is 26.7 Å². The van der Waals surface area contributed by atoms with Crippen LogP contribution in [0.15, 0.2) is 29.2 Å². The normalized spacial score (nSPS) is 12.1. The molecule has 0 saturated carbocycles. The first kappa shape index (κ1) is 12.7. The van der Waals surface area contributed by atoms with E-state index < -0.39 is 9.84 Å². The number of imidazole rings is 1. The molecule has 0 radical (unpaired) electrons. The first-order valence-corrected chi connectivity index (χ1v) is 7.74. The summed E-state index contributed by atoms with van der Waals surface area (Å²) in [6.07, 6.45) is 1.17. The van der Waals surface area contributed by atoms with Gasteiger partial charge < -0.3 is 10.3 Å². The van der Waals surface area contributed by atoms with Crippen LogP contribution in [-0.4, -0.2) is 34.4 Å². The lowest BCUT2D eigenvalue weighted by Gasteiger charge is -2.00. The van der Waals surface area contributed by atoms with Gasteiger partial charge in [-0.1, -0.05) is 6.07 Å². The number of anilines is 1. The number of aromatic nitrogens is 4. The van der Waals surface area contributed by atoms with Gasteiger partial charge in [0.2, 0.25) is 0 Å². The number of hydrogen-bond acceptors (Lipinski definition) is 5. The molecule has 0 aliphatic carbocycles. The first-order chi connectivity index (χ1) is 9.38. The maximum absolute atomic E-state index is 11.8. The highest BCUT2D eigenvalue weighted by Gasteiger charge is 2.18. The molecule has 0 amide bonds. The number of hydrogen-bond donors (Lipinski definition) is 2. The number of nitrogens with zero attached hydrogens (tertiary/aromatic N) is 3. The lowest BCUT2D eigenvalue weighted by Crippen LogP contribution is -1.98. The van der Waals surface area contributed by atoms with E-state index in [9.17, 15) is 8.42 Å². The largest absolute Gasteiger partial charge is 0.382 e. The summed E-state index contributed by atoms with van der Waals surface area (Å²) in [4.78, 5) is 4.63. The van der Waals surface area contributed by atoms with Crippen LogP contribution in [0.1, 0.15) is 0 Å². The van der Waals surface area contributed by atoms with E-state index in [1.165, 1.54) is 6.26 Å². The molecule has 104 valence electrons. The maximum atomic E-state index is 11.8. The molecule has 2 heterocycles. The van der Waals surface area contributed by atoms with Crippen molar-refractivity contribution in [1.29, 1.82) is 0 Å². The van der Waals surface area contributed by atoms with Gasteiger partial charge in [0.15, 0.2) is 15.7 Å². The van der Waals surface area contributed by atoms with Gasteiger partial charge in [-0.05, 0) is 12.1 Å². The lowest BCUT2D eigenvalue weighted by molar-refractivity contribution is 0.602. The third kappa shape index (κ3) is 1.85. The summed E-state index contributed by atoms with van der Waals surface area (Å²) < 4.78 is 25.4. The second kappa shape index (κ2) is 4.07. The average molecular weight is 291 g/mol. The third-order valence-corrected chi connectivity index (χ3v) is 4.24. The third-order valence-electron chi connectivity index (χ3n) is 3.11. The van der Waals surface area contributed by atoms with E-state index in [0.29, 0.717) is 22.9 Å². The van der Waals surface area contributed by atoms with E-state index in [2.05, 4.69) is 15.2 Å². The maximum Gasteiger partial charge on any atom is 0.177 e. The number of fused-ring (bicyclic) bond motifs is 1. The Morgan fingerprint density at radius 3 is 2.70 bits per heavy atom. The zero-order valence-electron chi connectivity index (χ0n) is 11.0. The van der Waals surface area contributed by atoms with Crippen molar-refractivity contribution in [1.82, 2.24) is 19.7 Å². The van der Waals surface area contributed by atoms with Crippen LogP contribution in [0.4, 0.5) is 5.82 Å². The van der Waals surface area contributed by atoms with Gasteiger partial charge in [-0.2, -0.15) is 5.10 Å². The molecule has 3 rings (SSSR count). The highest BCUT2D eigenvalue weighted by molar-refractivity contribution is 7.91. The van der Waals surface area contributed by atoms with E-state index in [1.54, 1.807) is 22.8 Å². The van der Waals surface area contributed by atoms with Gasteiger partial charge in [-0.25, -0.2) is 13.4 Å². The van der Waals surface area contributed by atoms with Crippen LogP contribution in [0.2, 0.25) is 0 Å². The molecule has 0 aliphatic heterocycles. The predicted molar refractivity (Wildman–Crippen MR) is 75.8 cm³/mol. The molecular weight excluding hydrogens is 278 g/mol. The molecule has 0 saturated heterocycles. The fraction of sp³-hybridized carbons (Fsp3) is 0.167. The van der Waals surface area contributed by atoms with Crippen LogP contribution >= 0.6 is 0 Å². The summed E-state index contributed by atoms with van der Waals surface area (Å²) in [7, 11) is -1.52. The number of nitrogens with two attached hydrogens (primary N) is 1. The van der Waals surface area contributed by atoms with E-state index in [-0.39, 0.29) is 4.90 Å². The van der Waals surface area contributed by atoms with Crippen LogP contribution < -0.4 is 5.73 Å². The number of rotatable bonds is 2. The molecule has 0 atom stereocenters. The molecule has 0 spiro atoms. The predicted octanol–water partition coefficient (Wildman–Crippen LogP) is 0.949. The minimum Gasteiger partial charge on any atom is -0.382 e. The molecule has 8 heteroatoms. The van der Waals surface area contributed by atoms with Gasteiger partial charge in [-0.15, -0.1) is 0 Å². The first-order valence-electron chi connectivity index (χ1n) is 5.84. The van der Waals surface area contributed by atoms with E-state index in [0.717, 1.165) is 5.52 Å². The molecule has 3 N–H and O–H groups in total. The van der Waals surface area contributed by atoms with Crippen LogP contribution in [0, 0.1) is 0 Å².